The van der Waals surface area contributed by atoms with Crippen LogP contribution in [0.4, 0.5) is 5.82 Å². The van der Waals surface area contributed by atoms with Gasteiger partial charge in [0.1, 0.15) is 5.82 Å². The van der Waals surface area contributed by atoms with Crippen molar-refractivity contribution in [1.82, 2.24) is 9.97 Å². The van der Waals surface area contributed by atoms with Crippen LogP contribution in [-0.4, -0.2) is 29.6 Å². The van der Waals surface area contributed by atoms with Crippen molar-refractivity contribution in [2.45, 2.75) is 26.8 Å². The summed E-state index contributed by atoms with van der Waals surface area (Å²) >= 11 is 0. The fourth-order valence-corrected chi connectivity index (χ4v) is 1.40. The standard InChI is InChI=1S/C10H18N4/c1-7(11)6-14(4)10-9(3)12-5-8(2)13-10/h5,7H,6,11H2,1-4H3. The summed E-state index contributed by atoms with van der Waals surface area (Å²) in [5.41, 5.74) is 7.60. The number of rotatable bonds is 3. The lowest BCUT2D eigenvalue weighted by atomic mass is 10.3. The maximum atomic E-state index is 5.73. The summed E-state index contributed by atoms with van der Waals surface area (Å²) in [6, 6.07) is 0.140. The van der Waals surface area contributed by atoms with Gasteiger partial charge in [-0.1, -0.05) is 0 Å². The summed E-state index contributed by atoms with van der Waals surface area (Å²) in [6.45, 7) is 6.67. The maximum Gasteiger partial charge on any atom is 0.150 e. The molecule has 0 aliphatic rings. The molecule has 78 valence electrons. The van der Waals surface area contributed by atoms with E-state index in [9.17, 15) is 0 Å². The fraction of sp³-hybridized carbons (Fsp3) is 0.600. The van der Waals surface area contributed by atoms with E-state index >= 15 is 0 Å². The lowest BCUT2D eigenvalue weighted by molar-refractivity contribution is 0.707. The zero-order valence-corrected chi connectivity index (χ0v) is 9.28. The van der Waals surface area contributed by atoms with E-state index in [0.29, 0.717) is 0 Å². The fourth-order valence-electron chi connectivity index (χ4n) is 1.40. The highest BCUT2D eigenvalue weighted by Gasteiger charge is 2.08. The highest BCUT2D eigenvalue weighted by Crippen LogP contribution is 2.13. The van der Waals surface area contributed by atoms with Gasteiger partial charge in [0.05, 0.1) is 11.4 Å². The minimum absolute atomic E-state index is 0.140. The normalized spacial score (nSPS) is 12.6. The Bertz CT molecular complexity index is 309. The predicted molar refractivity (Wildman–Crippen MR) is 58.4 cm³/mol. The number of aromatic nitrogens is 2. The van der Waals surface area contributed by atoms with Crippen LogP contribution in [0.5, 0.6) is 0 Å². The van der Waals surface area contributed by atoms with Crippen LogP contribution in [0.1, 0.15) is 18.3 Å². The first-order valence-corrected chi connectivity index (χ1v) is 4.77. The van der Waals surface area contributed by atoms with Crippen molar-refractivity contribution in [3.63, 3.8) is 0 Å². The predicted octanol–water partition coefficient (Wildman–Crippen LogP) is 0.877. The highest BCUT2D eigenvalue weighted by molar-refractivity contribution is 5.42. The van der Waals surface area contributed by atoms with Gasteiger partial charge in [-0.15, -0.1) is 0 Å². The van der Waals surface area contributed by atoms with Crippen molar-refractivity contribution in [3.05, 3.63) is 17.6 Å². The number of hydrogen-bond acceptors (Lipinski definition) is 4. The molecular weight excluding hydrogens is 176 g/mol. The smallest absolute Gasteiger partial charge is 0.150 e. The molecule has 0 aliphatic carbocycles. The Morgan fingerprint density at radius 2 is 2.14 bits per heavy atom. The summed E-state index contributed by atoms with van der Waals surface area (Å²) < 4.78 is 0. The zero-order valence-electron chi connectivity index (χ0n) is 9.28. The van der Waals surface area contributed by atoms with Gasteiger partial charge in [-0.3, -0.25) is 4.98 Å². The molecule has 0 aliphatic heterocycles. The van der Waals surface area contributed by atoms with Crippen molar-refractivity contribution < 1.29 is 0 Å². The monoisotopic (exact) mass is 194 g/mol. The van der Waals surface area contributed by atoms with Gasteiger partial charge in [-0.05, 0) is 20.8 Å². The van der Waals surface area contributed by atoms with Gasteiger partial charge in [0, 0.05) is 25.8 Å². The molecule has 1 aromatic rings. The van der Waals surface area contributed by atoms with Crippen molar-refractivity contribution in [3.8, 4) is 0 Å². The van der Waals surface area contributed by atoms with Gasteiger partial charge in [0.15, 0.2) is 0 Å². The van der Waals surface area contributed by atoms with Crippen molar-refractivity contribution in [2.24, 2.45) is 5.73 Å². The van der Waals surface area contributed by atoms with Crippen molar-refractivity contribution >= 4 is 5.82 Å². The van der Waals surface area contributed by atoms with Crippen LogP contribution in [0.3, 0.4) is 0 Å². The van der Waals surface area contributed by atoms with E-state index in [-0.39, 0.29) is 6.04 Å². The Labute approximate surface area is 85.2 Å². The summed E-state index contributed by atoms with van der Waals surface area (Å²) in [5.74, 6) is 0.919. The number of anilines is 1. The first-order chi connectivity index (χ1) is 6.50. The van der Waals surface area contributed by atoms with Gasteiger partial charge < -0.3 is 10.6 Å². The number of hydrogen-bond donors (Lipinski definition) is 1. The first kappa shape index (κ1) is 10.9. The van der Waals surface area contributed by atoms with Crippen LogP contribution in [0.2, 0.25) is 0 Å². The van der Waals surface area contributed by atoms with Crippen molar-refractivity contribution in [1.29, 1.82) is 0 Å². The second-order valence-electron chi connectivity index (χ2n) is 3.78. The maximum absolute atomic E-state index is 5.73. The van der Waals surface area contributed by atoms with Crippen molar-refractivity contribution in [2.75, 3.05) is 18.5 Å². The average Bonchev–Trinajstić information content (AvgIpc) is 2.08. The summed E-state index contributed by atoms with van der Waals surface area (Å²) in [7, 11) is 1.99. The van der Waals surface area contributed by atoms with Gasteiger partial charge in [0.25, 0.3) is 0 Å². The second kappa shape index (κ2) is 4.37. The van der Waals surface area contributed by atoms with Crippen LogP contribution < -0.4 is 10.6 Å². The molecule has 1 rings (SSSR count). The molecule has 1 heterocycles. The SMILES string of the molecule is Cc1cnc(C)c(N(C)CC(C)N)n1. The molecule has 0 spiro atoms. The molecule has 1 atom stereocenters. The Hall–Kier alpha value is -1.16. The van der Waals surface area contributed by atoms with E-state index in [1.807, 2.05) is 32.7 Å². The van der Waals surface area contributed by atoms with E-state index in [4.69, 9.17) is 5.73 Å². The molecule has 0 fully saturated rings. The molecule has 0 saturated carbocycles. The molecule has 0 radical (unpaired) electrons. The van der Waals surface area contributed by atoms with E-state index in [1.165, 1.54) is 0 Å². The van der Waals surface area contributed by atoms with Crippen LogP contribution >= 0.6 is 0 Å². The molecule has 2 N–H and O–H groups in total. The Morgan fingerprint density at radius 3 is 2.71 bits per heavy atom. The molecule has 1 unspecified atom stereocenters. The molecule has 4 nitrogen and oxygen atoms in total. The van der Waals surface area contributed by atoms with E-state index in [1.54, 1.807) is 6.20 Å². The second-order valence-corrected chi connectivity index (χ2v) is 3.78. The minimum atomic E-state index is 0.140. The highest BCUT2D eigenvalue weighted by atomic mass is 15.2. The molecule has 0 bridgehead atoms. The molecule has 0 aromatic carbocycles. The number of nitrogens with zero attached hydrogens (tertiary/aromatic N) is 3. The van der Waals surface area contributed by atoms with Crippen LogP contribution in [0.15, 0.2) is 6.20 Å². The molecule has 0 saturated heterocycles. The molecule has 4 heteroatoms. The number of aryl methyl sites for hydroxylation is 2. The molecule has 0 amide bonds. The third-order valence-corrected chi connectivity index (χ3v) is 1.97. The Kier molecular flexibility index (Phi) is 3.41. The van der Waals surface area contributed by atoms with Gasteiger partial charge in [-0.25, -0.2) is 4.98 Å². The van der Waals surface area contributed by atoms with Gasteiger partial charge >= 0.3 is 0 Å². The van der Waals surface area contributed by atoms with E-state index in [0.717, 1.165) is 23.8 Å². The summed E-state index contributed by atoms with van der Waals surface area (Å²) in [5, 5.41) is 0. The lowest BCUT2D eigenvalue weighted by Gasteiger charge is -2.21. The Balaban J connectivity index is 2.88. The first-order valence-electron chi connectivity index (χ1n) is 4.77. The number of likely N-dealkylation sites (N-methyl/N-ethyl adjacent to an activating group) is 1. The summed E-state index contributed by atoms with van der Waals surface area (Å²) in [4.78, 5) is 10.7. The molecule has 1 aromatic heterocycles. The van der Waals surface area contributed by atoms with Crippen LogP contribution in [0.25, 0.3) is 0 Å². The van der Waals surface area contributed by atoms with E-state index < -0.39 is 0 Å². The average molecular weight is 194 g/mol. The van der Waals surface area contributed by atoms with Crippen LogP contribution in [0, 0.1) is 13.8 Å². The number of nitrogens with two attached hydrogens (primary N) is 1. The Morgan fingerprint density at radius 1 is 1.50 bits per heavy atom. The summed E-state index contributed by atoms with van der Waals surface area (Å²) in [6.07, 6.45) is 1.78. The lowest BCUT2D eigenvalue weighted by Crippen LogP contribution is -2.33. The largest absolute Gasteiger partial charge is 0.357 e. The topological polar surface area (TPSA) is 55.0 Å². The van der Waals surface area contributed by atoms with Gasteiger partial charge in [0.2, 0.25) is 0 Å². The van der Waals surface area contributed by atoms with Gasteiger partial charge in [-0.2, -0.15) is 0 Å². The zero-order chi connectivity index (χ0) is 10.7. The molecule has 14 heavy (non-hydrogen) atoms. The van der Waals surface area contributed by atoms with E-state index in [2.05, 4.69) is 9.97 Å². The third-order valence-electron chi connectivity index (χ3n) is 1.97. The molecular formula is C10H18N4. The quantitative estimate of drug-likeness (QED) is 0.776. The third kappa shape index (κ3) is 2.67. The van der Waals surface area contributed by atoms with Crippen LogP contribution in [-0.2, 0) is 0 Å². The minimum Gasteiger partial charge on any atom is -0.357 e.